The lowest BCUT2D eigenvalue weighted by molar-refractivity contribution is -0.265. The van der Waals surface area contributed by atoms with Gasteiger partial charge in [-0.3, -0.25) is 9.59 Å². The molecule has 7 rings (SSSR count). The molecule has 1 aliphatic heterocycles. The Labute approximate surface area is 269 Å². The third-order valence-electron chi connectivity index (χ3n) is 8.82. The Balaban J connectivity index is 1.28. The molecular formula is C32H28ClF4N5O5. The third kappa shape index (κ3) is 5.42. The minimum Gasteiger partial charge on any atom is -0.489 e. The van der Waals surface area contributed by atoms with Crippen LogP contribution in [0.4, 0.5) is 17.6 Å². The Hall–Kier alpha value is -4.43. The van der Waals surface area contributed by atoms with E-state index < -0.39 is 47.1 Å². The van der Waals surface area contributed by atoms with Crippen molar-refractivity contribution in [2.24, 2.45) is 5.73 Å². The molecule has 15 heteroatoms. The number of carbonyl (C=O) groups is 2. The number of aliphatic hydroxyl groups is 1. The van der Waals surface area contributed by atoms with Crippen molar-refractivity contribution in [1.29, 1.82) is 0 Å². The van der Waals surface area contributed by atoms with Crippen molar-refractivity contribution in [1.82, 2.24) is 19.9 Å². The molecule has 0 radical (unpaired) electrons. The van der Waals surface area contributed by atoms with Crippen LogP contribution in [0.5, 0.6) is 11.6 Å². The van der Waals surface area contributed by atoms with Gasteiger partial charge in [0.05, 0.1) is 28.5 Å². The van der Waals surface area contributed by atoms with Crippen molar-refractivity contribution in [2.45, 2.75) is 61.8 Å². The van der Waals surface area contributed by atoms with Gasteiger partial charge >= 0.3 is 6.18 Å². The summed E-state index contributed by atoms with van der Waals surface area (Å²) in [6.07, 6.45) is -1.81. The summed E-state index contributed by atoms with van der Waals surface area (Å²) in [7, 11) is 0. The van der Waals surface area contributed by atoms with Crippen LogP contribution in [0.2, 0.25) is 5.02 Å². The quantitative estimate of drug-likeness (QED) is 0.214. The van der Waals surface area contributed by atoms with Crippen molar-refractivity contribution in [3.63, 3.8) is 0 Å². The number of nitrogens with one attached hydrogen (secondary N) is 1. The highest BCUT2D eigenvalue weighted by Crippen LogP contribution is 2.49. The average molecular weight is 674 g/mol. The van der Waals surface area contributed by atoms with E-state index in [1.165, 1.54) is 25.1 Å². The second kappa shape index (κ2) is 10.8. The number of nitrogens with two attached hydrogens (primary N) is 1. The van der Waals surface area contributed by atoms with Gasteiger partial charge in [-0.2, -0.15) is 18.3 Å². The molecule has 2 amide bonds. The minimum atomic E-state index is -5.39. The van der Waals surface area contributed by atoms with Gasteiger partial charge in [0.15, 0.2) is 0 Å². The van der Waals surface area contributed by atoms with Crippen LogP contribution in [0, 0.1) is 5.82 Å². The number of rotatable bonds is 9. The van der Waals surface area contributed by atoms with Gasteiger partial charge in [-0.15, -0.1) is 0 Å². The third-order valence-corrected chi connectivity index (χ3v) is 9.13. The van der Waals surface area contributed by atoms with E-state index in [1.54, 1.807) is 4.52 Å². The fourth-order valence-electron chi connectivity index (χ4n) is 5.55. The SMILES string of the molecule is C[C@]1(C(N)=O)COc2c1cc(C(O)(CNC(=O)c1cc(OC3CC3)n3nc(C4CC4)cc3c1)C(F)(F)F)nc2-c1ccc(F)cc1Cl. The second-order valence-corrected chi connectivity index (χ2v) is 12.9. The second-order valence-electron chi connectivity index (χ2n) is 12.5. The maximum atomic E-state index is 14.8. The van der Waals surface area contributed by atoms with E-state index >= 15 is 0 Å². The van der Waals surface area contributed by atoms with Crippen molar-refractivity contribution in [2.75, 3.05) is 13.2 Å². The number of carbonyl (C=O) groups excluding carboxylic acids is 2. The van der Waals surface area contributed by atoms with Gasteiger partial charge < -0.3 is 25.6 Å². The normalized spacial score (nSPS) is 20.4. The van der Waals surface area contributed by atoms with Crippen LogP contribution in [0.15, 0.2) is 42.5 Å². The summed E-state index contributed by atoms with van der Waals surface area (Å²) in [5.41, 5.74) is 0.272. The van der Waals surface area contributed by atoms with Gasteiger partial charge in [0.1, 0.15) is 35.4 Å². The van der Waals surface area contributed by atoms with Crippen LogP contribution in [0.3, 0.4) is 0 Å². The first kappa shape index (κ1) is 31.2. The summed E-state index contributed by atoms with van der Waals surface area (Å²) >= 11 is 6.25. The number of primary amides is 1. The summed E-state index contributed by atoms with van der Waals surface area (Å²) < 4.78 is 71.6. The van der Waals surface area contributed by atoms with Crippen molar-refractivity contribution < 1.29 is 41.7 Å². The Morgan fingerprint density at radius 3 is 2.55 bits per heavy atom. The molecule has 3 aromatic heterocycles. The molecule has 246 valence electrons. The number of ether oxygens (including phenoxy) is 2. The lowest BCUT2D eigenvalue weighted by Gasteiger charge is -2.31. The molecular weight excluding hydrogens is 646 g/mol. The average Bonchev–Trinajstić information content (AvgIpc) is 3.95. The molecule has 2 fully saturated rings. The zero-order chi connectivity index (χ0) is 33.5. The van der Waals surface area contributed by atoms with Gasteiger partial charge in [-0.25, -0.2) is 13.9 Å². The van der Waals surface area contributed by atoms with Gasteiger partial charge in [-0.05, 0) is 69.0 Å². The summed E-state index contributed by atoms with van der Waals surface area (Å²) in [5.74, 6) is -2.05. The molecule has 0 bridgehead atoms. The molecule has 2 atom stereocenters. The number of pyridine rings is 2. The number of fused-ring (bicyclic) bond motifs is 2. The van der Waals surface area contributed by atoms with Crippen LogP contribution in [-0.2, 0) is 15.8 Å². The Bertz CT molecular complexity index is 1960. The number of benzene rings is 1. The highest BCUT2D eigenvalue weighted by molar-refractivity contribution is 6.33. The van der Waals surface area contributed by atoms with E-state index in [2.05, 4.69) is 15.4 Å². The zero-order valence-electron chi connectivity index (χ0n) is 24.8. The van der Waals surface area contributed by atoms with E-state index in [9.17, 15) is 32.3 Å². The molecule has 3 aliphatic rings. The maximum absolute atomic E-state index is 14.8. The first-order chi connectivity index (χ1) is 22.2. The Kier molecular flexibility index (Phi) is 7.17. The van der Waals surface area contributed by atoms with Gasteiger partial charge in [0.25, 0.3) is 5.91 Å². The van der Waals surface area contributed by atoms with Crippen molar-refractivity contribution in [3.8, 4) is 22.9 Å². The number of aromatic nitrogens is 3. The summed E-state index contributed by atoms with van der Waals surface area (Å²) in [4.78, 5) is 30.0. The number of hydrogen-bond donors (Lipinski definition) is 3. The fraction of sp³-hybridized carbons (Fsp3) is 0.375. The summed E-state index contributed by atoms with van der Waals surface area (Å²) in [5, 5.41) is 18.0. The van der Waals surface area contributed by atoms with Crippen molar-refractivity contribution >= 4 is 28.9 Å². The van der Waals surface area contributed by atoms with Crippen LogP contribution in [-0.4, -0.2) is 57.0 Å². The number of hydrogen-bond acceptors (Lipinski definition) is 7. The van der Waals surface area contributed by atoms with Crippen LogP contribution < -0.4 is 20.5 Å². The lowest BCUT2D eigenvalue weighted by atomic mass is 9.81. The van der Waals surface area contributed by atoms with Crippen LogP contribution >= 0.6 is 11.6 Å². The Morgan fingerprint density at radius 1 is 1.17 bits per heavy atom. The maximum Gasteiger partial charge on any atom is 0.424 e. The molecule has 0 spiro atoms. The van der Waals surface area contributed by atoms with Gasteiger partial charge in [-0.1, -0.05) is 11.6 Å². The minimum absolute atomic E-state index is 0.00433. The highest BCUT2D eigenvalue weighted by Gasteiger charge is 2.58. The lowest BCUT2D eigenvalue weighted by Crippen LogP contribution is -2.51. The first-order valence-electron chi connectivity index (χ1n) is 14.9. The molecule has 2 aliphatic carbocycles. The van der Waals surface area contributed by atoms with E-state index in [4.69, 9.17) is 26.8 Å². The monoisotopic (exact) mass is 673 g/mol. The molecule has 47 heavy (non-hydrogen) atoms. The summed E-state index contributed by atoms with van der Waals surface area (Å²) in [6, 6.07) is 8.72. The first-order valence-corrected chi connectivity index (χ1v) is 15.3. The molecule has 1 unspecified atom stereocenters. The topological polar surface area (TPSA) is 141 Å². The van der Waals surface area contributed by atoms with Crippen molar-refractivity contribution in [3.05, 3.63) is 75.8 Å². The van der Waals surface area contributed by atoms with Crippen LogP contribution in [0.1, 0.15) is 65.8 Å². The molecule has 1 aromatic carbocycles. The number of halogens is 5. The smallest absolute Gasteiger partial charge is 0.424 e. The highest BCUT2D eigenvalue weighted by atomic mass is 35.5. The van der Waals surface area contributed by atoms with E-state index in [0.717, 1.165) is 49.6 Å². The molecule has 10 nitrogen and oxygen atoms in total. The standard InChI is InChI=1S/C32H28ClF4N5O5/c1-30(29(38)44)14-46-27-21(30)12-24(40-26(27)20-7-4-17(34)10-22(20)33)31(45,32(35,36)37)13-39-28(43)16-8-18-11-23(15-2-3-15)41-42(18)25(9-16)47-19-5-6-19/h4,7-12,15,19,45H,2-3,5-6,13-14H2,1H3,(H2,38,44)(H,39,43)/t30-,31?/m0/s1. The van der Waals surface area contributed by atoms with Gasteiger partial charge in [0, 0.05) is 28.7 Å². The largest absolute Gasteiger partial charge is 0.489 e. The molecule has 4 heterocycles. The molecule has 4 N–H and O–H groups in total. The van der Waals surface area contributed by atoms with Crippen LogP contribution in [0.25, 0.3) is 16.8 Å². The molecule has 4 aromatic rings. The number of alkyl halides is 3. The molecule has 0 saturated heterocycles. The Morgan fingerprint density at radius 2 is 1.91 bits per heavy atom. The van der Waals surface area contributed by atoms with E-state index in [1.807, 2.05) is 6.07 Å². The predicted octanol–water partition coefficient (Wildman–Crippen LogP) is 4.92. The summed E-state index contributed by atoms with van der Waals surface area (Å²) in [6.45, 7) is -0.318. The van der Waals surface area contributed by atoms with E-state index in [0.29, 0.717) is 11.4 Å². The molecule has 2 saturated carbocycles. The number of nitrogens with zero attached hydrogens (tertiary/aromatic N) is 3. The number of amides is 2. The zero-order valence-corrected chi connectivity index (χ0v) is 25.6. The van der Waals surface area contributed by atoms with Gasteiger partial charge in [0.2, 0.25) is 17.4 Å². The van der Waals surface area contributed by atoms with E-state index in [-0.39, 0.29) is 51.7 Å². The fourth-order valence-corrected chi connectivity index (χ4v) is 5.81. The predicted molar refractivity (Wildman–Crippen MR) is 160 cm³/mol.